The first-order chi connectivity index (χ1) is 11.8. The van der Waals surface area contributed by atoms with Crippen LogP contribution in [0.3, 0.4) is 0 Å². The molecule has 0 saturated carbocycles. The van der Waals surface area contributed by atoms with Gasteiger partial charge in [-0.15, -0.1) is 0 Å². The van der Waals surface area contributed by atoms with Gasteiger partial charge in [0, 0.05) is 18.1 Å². The molecule has 3 atom stereocenters. The topological polar surface area (TPSA) is 68.9 Å². The first-order valence-corrected chi connectivity index (χ1v) is 8.98. The minimum atomic E-state index is -0.755. The van der Waals surface area contributed by atoms with E-state index in [9.17, 15) is 9.90 Å². The standard InChI is InChI=1S/C20H26O5/c1-6-7-13-8-16(21)25-20-17(13)14(23-10(2)3)9-15-18(20)19(22)11(4)12(5)24-15/h8-12,19,22H,6-7H2,1-5H3/t11-,12-,19-/m0/s1. The van der Waals surface area contributed by atoms with E-state index < -0.39 is 11.7 Å². The Balaban J connectivity index is 2.38. The van der Waals surface area contributed by atoms with Crippen molar-refractivity contribution in [3.05, 3.63) is 33.7 Å². The summed E-state index contributed by atoms with van der Waals surface area (Å²) in [6.07, 6.45) is 0.695. The molecule has 1 N–H and O–H groups in total. The number of aliphatic hydroxyl groups is 1. The van der Waals surface area contributed by atoms with Crippen molar-refractivity contribution in [1.29, 1.82) is 0 Å². The fourth-order valence-corrected chi connectivity index (χ4v) is 3.40. The second kappa shape index (κ2) is 6.71. The van der Waals surface area contributed by atoms with Gasteiger partial charge < -0.3 is 19.0 Å². The van der Waals surface area contributed by atoms with Crippen molar-refractivity contribution in [2.24, 2.45) is 5.92 Å². The van der Waals surface area contributed by atoms with E-state index in [1.54, 1.807) is 0 Å². The fourth-order valence-electron chi connectivity index (χ4n) is 3.40. The van der Waals surface area contributed by atoms with E-state index in [1.807, 2.05) is 33.8 Å². The van der Waals surface area contributed by atoms with Crippen molar-refractivity contribution < 1.29 is 19.0 Å². The molecule has 5 nitrogen and oxygen atoms in total. The predicted molar refractivity (Wildman–Crippen MR) is 96.5 cm³/mol. The third-order valence-electron chi connectivity index (χ3n) is 4.79. The zero-order valence-corrected chi connectivity index (χ0v) is 15.5. The molecule has 1 aromatic carbocycles. The summed E-state index contributed by atoms with van der Waals surface area (Å²) in [5.74, 6) is 1.05. The number of hydrogen-bond acceptors (Lipinski definition) is 5. The van der Waals surface area contributed by atoms with Crippen LogP contribution in [-0.4, -0.2) is 17.3 Å². The molecule has 0 unspecified atom stereocenters. The molecule has 1 aromatic heterocycles. The van der Waals surface area contributed by atoms with E-state index in [2.05, 4.69) is 6.92 Å². The second-order valence-corrected chi connectivity index (χ2v) is 7.12. The summed E-state index contributed by atoms with van der Waals surface area (Å²) in [7, 11) is 0. The number of aryl methyl sites for hydroxylation is 1. The van der Waals surface area contributed by atoms with E-state index in [0.717, 1.165) is 23.8 Å². The maximum atomic E-state index is 12.1. The molecule has 0 fully saturated rings. The molecule has 1 aliphatic heterocycles. The Hall–Kier alpha value is -2.01. The van der Waals surface area contributed by atoms with Gasteiger partial charge in [-0.05, 0) is 32.8 Å². The lowest BCUT2D eigenvalue weighted by molar-refractivity contribution is 0.0177. The number of ether oxygens (including phenoxy) is 2. The van der Waals surface area contributed by atoms with Crippen molar-refractivity contribution >= 4 is 11.0 Å². The number of fused-ring (bicyclic) bond motifs is 3. The Morgan fingerprint density at radius 2 is 2.00 bits per heavy atom. The Morgan fingerprint density at radius 3 is 2.64 bits per heavy atom. The summed E-state index contributed by atoms with van der Waals surface area (Å²) >= 11 is 0. The van der Waals surface area contributed by atoms with Crippen LogP contribution >= 0.6 is 0 Å². The van der Waals surface area contributed by atoms with Crippen LogP contribution in [0, 0.1) is 5.92 Å². The first-order valence-electron chi connectivity index (χ1n) is 8.98. The van der Waals surface area contributed by atoms with E-state index in [1.165, 1.54) is 6.07 Å². The van der Waals surface area contributed by atoms with Gasteiger partial charge in [-0.2, -0.15) is 0 Å². The highest BCUT2D eigenvalue weighted by Gasteiger charge is 2.36. The third-order valence-corrected chi connectivity index (χ3v) is 4.79. The van der Waals surface area contributed by atoms with Gasteiger partial charge in [-0.25, -0.2) is 4.79 Å². The molecule has 3 rings (SSSR count). The highest BCUT2D eigenvalue weighted by molar-refractivity contribution is 5.91. The molecular weight excluding hydrogens is 320 g/mol. The van der Waals surface area contributed by atoms with Gasteiger partial charge in [0.15, 0.2) is 5.58 Å². The summed E-state index contributed by atoms with van der Waals surface area (Å²) in [6.45, 7) is 9.81. The van der Waals surface area contributed by atoms with Crippen LogP contribution in [0.2, 0.25) is 0 Å². The van der Waals surface area contributed by atoms with Gasteiger partial charge in [0.1, 0.15) is 17.6 Å². The molecule has 0 spiro atoms. The molecule has 2 heterocycles. The summed E-state index contributed by atoms with van der Waals surface area (Å²) < 4.78 is 17.5. The Morgan fingerprint density at radius 1 is 1.28 bits per heavy atom. The second-order valence-electron chi connectivity index (χ2n) is 7.12. The van der Waals surface area contributed by atoms with Crippen molar-refractivity contribution in [1.82, 2.24) is 0 Å². The molecule has 2 aromatic rings. The number of benzene rings is 1. The van der Waals surface area contributed by atoms with E-state index in [4.69, 9.17) is 13.9 Å². The molecule has 136 valence electrons. The maximum Gasteiger partial charge on any atom is 0.336 e. The van der Waals surface area contributed by atoms with E-state index >= 15 is 0 Å². The van der Waals surface area contributed by atoms with Crippen LogP contribution < -0.4 is 15.1 Å². The molecule has 25 heavy (non-hydrogen) atoms. The third kappa shape index (κ3) is 3.13. The summed E-state index contributed by atoms with van der Waals surface area (Å²) in [5, 5.41) is 11.6. The van der Waals surface area contributed by atoms with Gasteiger partial charge in [0.2, 0.25) is 0 Å². The molecule has 0 bridgehead atoms. The monoisotopic (exact) mass is 346 g/mol. The van der Waals surface area contributed by atoms with Crippen molar-refractivity contribution in [3.8, 4) is 11.5 Å². The van der Waals surface area contributed by atoms with Crippen LogP contribution in [0.25, 0.3) is 11.0 Å². The Kier molecular flexibility index (Phi) is 4.78. The molecule has 0 amide bonds. The minimum Gasteiger partial charge on any atom is -0.490 e. The van der Waals surface area contributed by atoms with Crippen molar-refractivity contribution in [2.45, 2.75) is 65.8 Å². The highest BCUT2D eigenvalue weighted by atomic mass is 16.5. The average molecular weight is 346 g/mol. The normalized spacial score (nSPS) is 22.8. The number of aliphatic hydroxyl groups excluding tert-OH is 1. The largest absolute Gasteiger partial charge is 0.490 e. The predicted octanol–water partition coefficient (Wildman–Crippen LogP) is 3.98. The SMILES string of the molecule is CCCc1cc(=O)oc2c3c(cc(OC(C)C)c12)O[C@@H](C)[C@H](C)[C@@H]3O. The molecule has 5 heteroatoms. The lowest BCUT2D eigenvalue weighted by Gasteiger charge is -2.34. The van der Waals surface area contributed by atoms with E-state index in [0.29, 0.717) is 22.6 Å². The summed E-state index contributed by atoms with van der Waals surface area (Å²) in [6, 6.07) is 3.34. The zero-order chi connectivity index (χ0) is 18.3. The molecule has 0 aliphatic carbocycles. The summed E-state index contributed by atoms with van der Waals surface area (Å²) in [4.78, 5) is 12.1. The Labute approximate surface area is 147 Å². The molecule has 1 aliphatic rings. The fraction of sp³-hybridized carbons (Fsp3) is 0.550. The van der Waals surface area contributed by atoms with Gasteiger partial charge >= 0.3 is 5.63 Å². The van der Waals surface area contributed by atoms with Crippen LogP contribution in [-0.2, 0) is 6.42 Å². The first kappa shape index (κ1) is 17.8. The van der Waals surface area contributed by atoms with Gasteiger partial charge in [-0.3, -0.25) is 0 Å². The van der Waals surface area contributed by atoms with Crippen LogP contribution in [0.5, 0.6) is 11.5 Å². The Bertz CT molecular complexity index is 836. The van der Waals surface area contributed by atoms with Gasteiger partial charge in [0.25, 0.3) is 0 Å². The lowest BCUT2D eigenvalue weighted by Crippen LogP contribution is -2.32. The van der Waals surface area contributed by atoms with Gasteiger partial charge in [-0.1, -0.05) is 20.3 Å². The maximum absolute atomic E-state index is 12.1. The number of hydrogen-bond donors (Lipinski definition) is 1. The van der Waals surface area contributed by atoms with Crippen molar-refractivity contribution in [2.75, 3.05) is 0 Å². The quantitative estimate of drug-likeness (QED) is 0.848. The smallest absolute Gasteiger partial charge is 0.336 e. The van der Waals surface area contributed by atoms with Crippen LogP contribution in [0.1, 0.15) is 58.3 Å². The molecular formula is C20H26O5. The molecule has 0 saturated heterocycles. The van der Waals surface area contributed by atoms with E-state index in [-0.39, 0.29) is 18.1 Å². The van der Waals surface area contributed by atoms with Gasteiger partial charge in [0.05, 0.1) is 23.2 Å². The van der Waals surface area contributed by atoms with Crippen molar-refractivity contribution in [3.63, 3.8) is 0 Å². The zero-order valence-electron chi connectivity index (χ0n) is 15.5. The summed E-state index contributed by atoms with van der Waals surface area (Å²) in [5.41, 5.74) is 1.39. The van der Waals surface area contributed by atoms with Crippen LogP contribution in [0.4, 0.5) is 0 Å². The number of rotatable bonds is 4. The minimum absolute atomic E-state index is 0.0347. The van der Waals surface area contributed by atoms with Crippen LogP contribution in [0.15, 0.2) is 21.3 Å². The lowest BCUT2D eigenvalue weighted by atomic mass is 9.88. The molecule has 0 radical (unpaired) electrons. The average Bonchev–Trinajstić information content (AvgIpc) is 2.51. The highest BCUT2D eigenvalue weighted by Crippen LogP contribution is 2.46.